The molecule has 1 heterocycles. The summed E-state index contributed by atoms with van der Waals surface area (Å²) in [4.78, 5) is 0. The van der Waals surface area contributed by atoms with Crippen molar-refractivity contribution in [1.82, 2.24) is 0 Å². The second kappa shape index (κ2) is 8.68. The second-order valence-corrected chi connectivity index (χ2v) is 15.7. The standard InChI is InChI=1S/C27H41NSi/c1-19(2)21(4)25-17-26(28(5)18-27(25)29(6,7)8)24-15-14-23(16-20(24)3)22-12-10-9-11-13-22/h14-19,21-22H,5,9-13H2,1-4,6-8H3. The first kappa shape index (κ1) is 22.1. The van der Waals surface area contributed by atoms with Crippen LogP contribution in [0.2, 0.25) is 19.6 Å². The van der Waals surface area contributed by atoms with E-state index in [0.29, 0.717) is 11.8 Å². The summed E-state index contributed by atoms with van der Waals surface area (Å²) in [7, 11) is -1.45. The van der Waals surface area contributed by atoms with Gasteiger partial charge in [-0.3, -0.25) is 4.58 Å². The molecule has 0 N–H and O–H groups in total. The quantitative estimate of drug-likeness (QED) is 0.268. The fraction of sp³-hybridized carbons (Fsp3) is 0.556. The third kappa shape index (κ3) is 4.79. The highest BCUT2D eigenvalue weighted by Gasteiger charge is 2.32. The third-order valence-electron chi connectivity index (χ3n) is 7.10. The predicted octanol–water partition coefficient (Wildman–Crippen LogP) is 7.63. The van der Waals surface area contributed by atoms with Gasteiger partial charge in [-0.2, -0.15) is 0 Å². The van der Waals surface area contributed by atoms with Crippen molar-refractivity contribution in [2.24, 2.45) is 11.8 Å². The molecule has 29 heavy (non-hydrogen) atoms. The average molecular weight is 408 g/mol. The van der Waals surface area contributed by atoms with Gasteiger partial charge < -0.3 is 0 Å². The van der Waals surface area contributed by atoms with Gasteiger partial charge in [0.1, 0.15) is 12.2 Å². The lowest BCUT2D eigenvalue weighted by molar-refractivity contribution is -0.418. The van der Waals surface area contributed by atoms with Gasteiger partial charge in [0.05, 0.1) is 14.8 Å². The number of rotatable bonds is 5. The summed E-state index contributed by atoms with van der Waals surface area (Å²) in [5.41, 5.74) is 5.79. The van der Waals surface area contributed by atoms with Gasteiger partial charge in [-0.15, -0.1) is 6.07 Å². The Morgan fingerprint density at radius 1 is 1.07 bits per heavy atom. The first-order valence-electron chi connectivity index (χ1n) is 11.6. The maximum absolute atomic E-state index is 4.41. The molecule has 1 aliphatic heterocycles. The molecule has 0 saturated heterocycles. The molecule has 1 saturated carbocycles. The van der Waals surface area contributed by atoms with Crippen molar-refractivity contribution in [1.29, 1.82) is 0 Å². The van der Waals surface area contributed by atoms with E-state index in [4.69, 9.17) is 0 Å². The molecule has 0 aromatic heterocycles. The molecule has 3 rings (SSSR count). The van der Waals surface area contributed by atoms with E-state index in [0.717, 1.165) is 5.92 Å². The molecule has 0 amide bonds. The van der Waals surface area contributed by atoms with Gasteiger partial charge in [-0.05, 0) is 47.4 Å². The van der Waals surface area contributed by atoms with Crippen LogP contribution in [0.25, 0.3) is 0 Å². The Kier molecular flexibility index (Phi) is 6.63. The number of allylic oxidation sites excluding steroid dienone is 2. The van der Waals surface area contributed by atoms with E-state index in [1.165, 1.54) is 60.4 Å². The topological polar surface area (TPSA) is 3.01 Å². The lowest BCUT2D eigenvalue weighted by atomic mass is 9.82. The first-order valence-corrected chi connectivity index (χ1v) is 15.1. The van der Waals surface area contributed by atoms with E-state index in [1.807, 2.05) is 0 Å². The van der Waals surface area contributed by atoms with Gasteiger partial charge in [-0.25, -0.2) is 0 Å². The van der Waals surface area contributed by atoms with E-state index in [2.05, 4.69) is 89.1 Å². The molecule has 0 radical (unpaired) electrons. The van der Waals surface area contributed by atoms with Crippen LogP contribution in [0.3, 0.4) is 0 Å². The highest BCUT2D eigenvalue weighted by molar-refractivity contribution is 6.84. The summed E-state index contributed by atoms with van der Waals surface area (Å²) in [6.07, 6.45) is 11.7. The summed E-state index contributed by atoms with van der Waals surface area (Å²) in [6, 6.07) is 8.44. The second-order valence-electron chi connectivity index (χ2n) is 10.7. The summed E-state index contributed by atoms with van der Waals surface area (Å²) in [5.74, 6) is 1.95. The number of benzene rings is 1. The Morgan fingerprint density at radius 3 is 2.28 bits per heavy atom. The molecular formula is C27H41NSi. The lowest BCUT2D eigenvalue weighted by Gasteiger charge is -2.35. The van der Waals surface area contributed by atoms with Crippen molar-refractivity contribution < 1.29 is 4.58 Å². The van der Waals surface area contributed by atoms with Crippen LogP contribution in [0.4, 0.5) is 0 Å². The van der Waals surface area contributed by atoms with Crippen molar-refractivity contribution in [3.63, 3.8) is 0 Å². The minimum atomic E-state index is -1.45. The smallest absolute Gasteiger partial charge is 0.147 e. The van der Waals surface area contributed by atoms with Crippen LogP contribution in [0.5, 0.6) is 0 Å². The molecule has 1 nitrogen and oxygen atoms in total. The number of hydrogen-bond donors (Lipinski definition) is 0. The first-order chi connectivity index (χ1) is 13.6. The highest BCUT2D eigenvalue weighted by Crippen LogP contribution is 2.39. The fourth-order valence-corrected chi connectivity index (χ4v) is 6.58. The van der Waals surface area contributed by atoms with E-state index in [-0.39, 0.29) is 0 Å². The molecule has 1 aromatic carbocycles. The molecule has 1 fully saturated rings. The number of hydrogen-bond acceptors (Lipinski definition) is 0. The summed E-state index contributed by atoms with van der Waals surface area (Å²) in [6.45, 7) is 21.1. The summed E-state index contributed by atoms with van der Waals surface area (Å²) >= 11 is 0. The van der Waals surface area contributed by atoms with Crippen molar-refractivity contribution in [3.8, 4) is 0 Å². The largest absolute Gasteiger partial charge is 0.255 e. The Hall–Kier alpha value is -1.54. The van der Waals surface area contributed by atoms with Crippen LogP contribution in [0.1, 0.15) is 75.5 Å². The van der Waals surface area contributed by atoms with Crippen molar-refractivity contribution in [2.75, 3.05) is 0 Å². The number of nitrogens with zero attached hydrogens (tertiary/aromatic N) is 1. The van der Waals surface area contributed by atoms with Gasteiger partial charge >= 0.3 is 0 Å². The monoisotopic (exact) mass is 407 g/mol. The van der Waals surface area contributed by atoms with E-state index in [1.54, 1.807) is 5.20 Å². The average Bonchev–Trinajstić information content (AvgIpc) is 2.67. The van der Waals surface area contributed by atoms with Crippen LogP contribution in [0.15, 0.2) is 41.2 Å². The van der Waals surface area contributed by atoms with Crippen LogP contribution in [-0.2, 0) is 0 Å². The molecule has 1 atom stereocenters. The molecule has 2 aliphatic rings. The van der Waals surface area contributed by atoms with E-state index in [9.17, 15) is 0 Å². The molecule has 0 spiro atoms. The van der Waals surface area contributed by atoms with Crippen LogP contribution in [0, 0.1) is 24.8 Å². The maximum Gasteiger partial charge on any atom is 0.147 e. The molecule has 1 aromatic rings. The Bertz CT molecular complexity index is 815. The fourth-order valence-electron chi connectivity index (χ4n) is 4.87. The van der Waals surface area contributed by atoms with Gasteiger partial charge in [0, 0.05) is 0 Å². The Morgan fingerprint density at radius 2 is 1.72 bits per heavy atom. The predicted molar refractivity (Wildman–Crippen MR) is 130 cm³/mol. The van der Waals surface area contributed by atoms with Crippen molar-refractivity contribution >= 4 is 14.8 Å². The van der Waals surface area contributed by atoms with E-state index < -0.39 is 8.07 Å². The summed E-state index contributed by atoms with van der Waals surface area (Å²) < 4.78 is 2.13. The zero-order valence-corrected chi connectivity index (χ0v) is 20.8. The molecule has 0 bridgehead atoms. The van der Waals surface area contributed by atoms with Crippen molar-refractivity contribution in [3.05, 3.63) is 64.0 Å². The Balaban J connectivity index is 1.97. The number of aryl methyl sites for hydroxylation is 1. The van der Waals surface area contributed by atoms with Crippen molar-refractivity contribution in [2.45, 2.75) is 85.4 Å². The minimum Gasteiger partial charge on any atom is -0.255 e. The highest BCUT2D eigenvalue weighted by atomic mass is 28.3. The van der Waals surface area contributed by atoms with E-state index >= 15 is 0 Å². The van der Waals surface area contributed by atoms with Gasteiger partial charge in [0.15, 0.2) is 0 Å². The zero-order chi connectivity index (χ0) is 21.3. The zero-order valence-electron chi connectivity index (χ0n) is 19.8. The molecule has 158 valence electrons. The minimum absolute atomic E-state index is 0.554. The normalized spacial score (nSPS) is 20.0. The van der Waals surface area contributed by atoms with Gasteiger partial charge in [-0.1, -0.05) is 95.4 Å². The lowest BCUT2D eigenvalue weighted by Crippen LogP contribution is -2.33. The van der Waals surface area contributed by atoms with Crippen LogP contribution >= 0.6 is 0 Å². The van der Waals surface area contributed by atoms with Crippen LogP contribution < -0.4 is 0 Å². The molecule has 2 heteroatoms. The SMILES string of the molecule is C=[N+]1C=C([Si](C)(C)C)C(C(C)C(C)C)=C[C-]1c1ccc(C2CCCCC2)cc1C. The molecular weight excluding hydrogens is 366 g/mol. The van der Waals surface area contributed by atoms with Crippen LogP contribution in [-0.4, -0.2) is 19.4 Å². The van der Waals surface area contributed by atoms with Gasteiger partial charge in [0.2, 0.25) is 0 Å². The maximum atomic E-state index is 4.41. The molecule has 1 unspecified atom stereocenters. The summed E-state index contributed by atoms with van der Waals surface area (Å²) in [5, 5.41) is 1.55. The Labute approximate surface area is 180 Å². The molecule has 1 aliphatic carbocycles. The third-order valence-corrected chi connectivity index (χ3v) is 9.13. The van der Waals surface area contributed by atoms with Gasteiger partial charge in [0.25, 0.3) is 0 Å².